The van der Waals surface area contributed by atoms with Crippen LogP contribution >= 0.6 is 11.3 Å². The number of piperidine rings is 1. The van der Waals surface area contributed by atoms with Crippen LogP contribution in [0.3, 0.4) is 0 Å². The average molecular weight is 436 g/mol. The molecule has 1 aromatic heterocycles. The van der Waals surface area contributed by atoms with Crippen molar-refractivity contribution < 1.29 is 13.2 Å². The van der Waals surface area contributed by atoms with Gasteiger partial charge in [0.1, 0.15) is 0 Å². The fourth-order valence-electron chi connectivity index (χ4n) is 3.61. The first-order valence-electron chi connectivity index (χ1n) is 9.89. The van der Waals surface area contributed by atoms with E-state index in [0.29, 0.717) is 10.6 Å². The first-order valence-corrected chi connectivity index (χ1v) is 12.1. The molecule has 0 aliphatic carbocycles. The number of likely N-dealkylation sites (tertiary alicyclic amines) is 1. The third-order valence-corrected chi connectivity index (χ3v) is 8.86. The molecule has 8 heteroatoms. The van der Waals surface area contributed by atoms with Crippen molar-refractivity contribution >= 4 is 33.0 Å². The number of nitrogens with zero attached hydrogens (tertiary/aromatic N) is 2. The molecule has 29 heavy (non-hydrogen) atoms. The molecule has 1 aromatic carbocycles. The van der Waals surface area contributed by atoms with E-state index in [4.69, 9.17) is 0 Å². The van der Waals surface area contributed by atoms with Gasteiger partial charge in [0, 0.05) is 23.7 Å². The summed E-state index contributed by atoms with van der Waals surface area (Å²) in [5.41, 5.74) is 1.71. The lowest BCUT2D eigenvalue weighted by Gasteiger charge is -2.34. The van der Waals surface area contributed by atoms with Crippen molar-refractivity contribution in [1.29, 1.82) is 0 Å². The third-order valence-electron chi connectivity index (χ3n) is 5.56. The number of carbonyl (C=O) groups is 1. The van der Waals surface area contributed by atoms with Crippen molar-refractivity contribution in [2.24, 2.45) is 0 Å². The first kappa shape index (κ1) is 22.0. The Morgan fingerprint density at radius 1 is 1.24 bits per heavy atom. The molecule has 2 aromatic rings. The second-order valence-electron chi connectivity index (χ2n) is 7.60. The number of anilines is 1. The molecule has 1 aliphatic rings. The molecule has 2 heterocycles. The molecule has 3 rings (SSSR count). The molecule has 1 saturated heterocycles. The van der Waals surface area contributed by atoms with Gasteiger partial charge in [-0.15, -0.1) is 11.3 Å². The van der Waals surface area contributed by atoms with Gasteiger partial charge in [-0.05, 0) is 82.2 Å². The van der Waals surface area contributed by atoms with E-state index in [-0.39, 0.29) is 16.8 Å². The van der Waals surface area contributed by atoms with Crippen molar-refractivity contribution in [3.8, 4) is 0 Å². The molecule has 6 nitrogen and oxygen atoms in total. The monoisotopic (exact) mass is 435 g/mol. The van der Waals surface area contributed by atoms with Gasteiger partial charge in [-0.3, -0.25) is 4.79 Å². The lowest BCUT2D eigenvalue weighted by Crippen LogP contribution is -2.44. The van der Waals surface area contributed by atoms with Gasteiger partial charge in [-0.1, -0.05) is 6.92 Å². The van der Waals surface area contributed by atoms with Crippen molar-refractivity contribution in [1.82, 2.24) is 9.21 Å². The number of nitrogens with one attached hydrogen (secondary N) is 1. The van der Waals surface area contributed by atoms with Gasteiger partial charge < -0.3 is 10.2 Å². The molecule has 0 saturated carbocycles. The molecule has 1 aliphatic heterocycles. The van der Waals surface area contributed by atoms with E-state index < -0.39 is 10.0 Å². The summed E-state index contributed by atoms with van der Waals surface area (Å²) in [6.45, 7) is 5.88. The summed E-state index contributed by atoms with van der Waals surface area (Å²) < 4.78 is 27.4. The lowest BCUT2D eigenvalue weighted by atomic mass is 10.1. The summed E-state index contributed by atoms with van der Waals surface area (Å²) in [5, 5.41) is 2.86. The van der Waals surface area contributed by atoms with Crippen molar-refractivity contribution in [3.63, 3.8) is 0 Å². The number of rotatable bonds is 6. The van der Waals surface area contributed by atoms with Gasteiger partial charge in [0.15, 0.2) is 0 Å². The summed E-state index contributed by atoms with van der Waals surface area (Å²) in [5.74, 6) is -0.170. The highest BCUT2D eigenvalue weighted by atomic mass is 32.2. The number of amides is 1. The molecule has 1 fully saturated rings. The summed E-state index contributed by atoms with van der Waals surface area (Å²) >= 11 is 1.50. The van der Waals surface area contributed by atoms with E-state index >= 15 is 0 Å². The zero-order valence-corrected chi connectivity index (χ0v) is 19.1. The Kier molecular flexibility index (Phi) is 6.78. The van der Waals surface area contributed by atoms with Crippen molar-refractivity contribution in [3.05, 3.63) is 45.6 Å². The Balaban J connectivity index is 1.69. The van der Waals surface area contributed by atoms with Crippen LogP contribution in [0, 0.1) is 6.92 Å². The summed E-state index contributed by atoms with van der Waals surface area (Å²) in [7, 11) is 0.157. The lowest BCUT2D eigenvalue weighted by molar-refractivity contribution is 0.103. The van der Waals surface area contributed by atoms with E-state index in [1.54, 1.807) is 31.3 Å². The number of aryl methyl sites for hydroxylation is 2. The number of hydrogen-bond donors (Lipinski definition) is 1. The van der Waals surface area contributed by atoms with Crippen LogP contribution in [-0.2, 0) is 16.4 Å². The average Bonchev–Trinajstić information content (AvgIpc) is 3.09. The molecule has 0 radical (unpaired) electrons. The standard InChI is InChI=1S/C21H29N3O3S2/c1-5-19-15(2)14-20(28-19)21(25)22-16-6-8-18(9-7-16)29(26,27)24(4)17-10-12-23(3)13-11-17/h6-9,14,17H,5,10-13H2,1-4H3,(H,22,25). The maximum Gasteiger partial charge on any atom is 0.265 e. The second kappa shape index (κ2) is 8.95. The topological polar surface area (TPSA) is 69.7 Å². The van der Waals surface area contributed by atoms with Crippen LogP contribution < -0.4 is 5.32 Å². The van der Waals surface area contributed by atoms with Crippen LogP contribution in [0.4, 0.5) is 5.69 Å². The number of carbonyl (C=O) groups excluding carboxylic acids is 1. The van der Waals surface area contributed by atoms with Gasteiger partial charge in [0.25, 0.3) is 5.91 Å². The van der Waals surface area contributed by atoms with Crippen LogP contribution in [-0.4, -0.2) is 56.8 Å². The molecule has 0 spiro atoms. The van der Waals surface area contributed by atoms with Crippen LogP contribution in [0.5, 0.6) is 0 Å². The van der Waals surface area contributed by atoms with Crippen LogP contribution in [0.1, 0.15) is 39.9 Å². The molecule has 0 bridgehead atoms. The fourth-order valence-corrected chi connectivity index (χ4v) is 6.03. The van der Waals surface area contributed by atoms with E-state index in [2.05, 4.69) is 24.2 Å². The maximum absolute atomic E-state index is 13.0. The molecule has 1 amide bonds. The van der Waals surface area contributed by atoms with Gasteiger partial charge in [-0.2, -0.15) is 4.31 Å². The predicted molar refractivity (Wildman–Crippen MR) is 118 cm³/mol. The number of hydrogen-bond acceptors (Lipinski definition) is 5. The maximum atomic E-state index is 13.0. The van der Waals surface area contributed by atoms with Gasteiger partial charge in [0.2, 0.25) is 10.0 Å². The zero-order chi connectivity index (χ0) is 21.2. The first-order chi connectivity index (χ1) is 13.7. The Morgan fingerprint density at radius 2 is 1.86 bits per heavy atom. The van der Waals surface area contributed by atoms with Crippen LogP contribution in [0.15, 0.2) is 35.2 Å². The SMILES string of the molecule is CCc1sc(C(=O)Nc2ccc(S(=O)(=O)N(C)C3CCN(C)CC3)cc2)cc1C. The minimum atomic E-state index is -3.55. The highest BCUT2D eigenvalue weighted by Crippen LogP contribution is 2.25. The molecular formula is C21H29N3O3S2. The van der Waals surface area contributed by atoms with Gasteiger partial charge >= 0.3 is 0 Å². The molecule has 1 N–H and O–H groups in total. The highest BCUT2D eigenvalue weighted by Gasteiger charge is 2.30. The molecule has 0 atom stereocenters. The minimum absolute atomic E-state index is 0.0189. The Hall–Kier alpha value is -1.74. The van der Waals surface area contributed by atoms with Gasteiger partial charge in [-0.25, -0.2) is 8.42 Å². The quantitative estimate of drug-likeness (QED) is 0.753. The van der Waals surface area contributed by atoms with E-state index in [9.17, 15) is 13.2 Å². The largest absolute Gasteiger partial charge is 0.321 e. The Morgan fingerprint density at radius 3 is 2.41 bits per heavy atom. The normalized spacial score (nSPS) is 16.3. The van der Waals surface area contributed by atoms with Crippen LogP contribution in [0.2, 0.25) is 0 Å². The van der Waals surface area contributed by atoms with E-state index in [1.807, 2.05) is 13.0 Å². The van der Waals surface area contributed by atoms with Gasteiger partial charge in [0.05, 0.1) is 9.77 Å². The van der Waals surface area contributed by atoms with Crippen molar-refractivity contribution in [2.45, 2.75) is 44.0 Å². The number of thiophene rings is 1. The van der Waals surface area contributed by atoms with Crippen molar-refractivity contribution in [2.75, 3.05) is 32.5 Å². The number of benzene rings is 1. The molecule has 158 valence electrons. The zero-order valence-electron chi connectivity index (χ0n) is 17.4. The highest BCUT2D eigenvalue weighted by molar-refractivity contribution is 7.89. The Labute approximate surface area is 177 Å². The minimum Gasteiger partial charge on any atom is -0.321 e. The molecule has 0 unspecified atom stereocenters. The summed E-state index contributed by atoms with van der Waals surface area (Å²) in [6, 6.07) is 8.34. The van der Waals surface area contributed by atoms with Crippen LogP contribution in [0.25, 0.3) is 0 Å². The van der Waals surface area contributed by atoms with E-state index in [1.165, 1.54) is 20.5 Å². The summed E-state index contributed by atoms with van der Waals surface area (Å²) in [4.78, 5) is 16.8. The van der Waals surface area contributed by atoms with E-state index in [0.717, 1.165) is 37.9 Å². The predicted octanol–water partition coefficient (Wildman–Crippen LogP) is 3.59. The Bertz CT molecular complexity index is 960. The second-order valence-corrected chi connectivity index (χ2v) is 10.7. The smallest absolute Gasteiger partial charge is 0.265 e. The number of sulfonamides is 1. The molecular weight excluding hydrogens is 406 g/mol. The third kappa shape index (κ3) is 4.88. The fraction of sp³-hybridized carbons (Fsp3) is 0.476. The summed E-state index contributed by atoms with van der Waals surface area (Å²) in [6.07, 6.45) is 2.57.